The lowest BCUT2D eigenvalue weighted by Gasteiger charge is -2.13. The highest BCUT2D eigenvalue weighted by Gasteiger charge is 2.16. The van der Waals surface area contributed by atoms with Crippen molar-refractivity contribution in [1.29, 1.82) is 0 Å². The van der Waals surface area contributed by atoms with Crippen molar-refractivity contribution >= 4 is 27.9 Å². The van der Waals surface area contributed by atoms with Crippen molar-refractivity contribution < 1.29 is 14.3 Å². The number of benzene rings is 2. The summed E-state index contributed by atoms with van der Waals surface area (Å²) in [7, 11) is 3.09. The van der Waals surface area contributed by atoms with Gasteiger partial charge in [-0.05, 0) is 37.3 Å². The smallest absolute Gasteiger partial charge is 0.259 e. The first kappa shape index (κ1) is 17.9. The average Bonchev–Trinajstić information content (AvgIpc) is 3.30. The summed E-state index contributed by atoms with van der Waals surface area (Å²) in [4.78, 5) is 13.5. The van der Waals surface area contributed by atoms with Gasteiger partial charge < -0.3 is 14.8 Å². The molecule has 4 rings (SSSR count). The second kappa shape index (κ2) is 7.28. The second-order valence-electron chi connectivity index (χ2n) is 5.92. The molecule has 0 saturated heterocycles. The van der Waals surface area contributed by atoms with Gasteiger partial charge in [-0.1, -0.05) is 23.5 Å². The molecule has 8 nitrogen and oxygen atoms in total. The van der Waals surface area contributed by atoms with Gasteiger partial charge in [0.1, 0.15) is 16.5 Å². The van der Waals surface area contributed by atoms with Gasteiger partial charge in [0.15, 0.2) is 5.82 Å². The van der Waals surface area contributed by atoms with Crippen LogP contribution in [0.2, 0.25) is 0 Å². The molecule has 2 aromatic carbocycles. The third kappa shape index (κ3) is 3.16. The molecule has 0 fully saturated rings. The van der Waals surface area contributed by atoms with E-state index in [1.807, 2.05) is 25.1 Å². The minimum Gasteiger partial charge on any atom is -0.496 e. The summed E-state index contributed by atoms with van der Waals surface area (Å²) >= 11 is 1.42. The molecule has 9 heteroatoms. The molecule has 142 valence electrons. The fourth-order valence-electron chi connectivity index (χ4n) is 2.79. The number of carbonyl (C=O) groups is 1. The molecule has 4 aromatic rings. The van der Waals surface area contributed by atoms with E-state index in [9.17, 15) is 4.79 Å². The molecule has 0 aliphatic carbocycles. The number of methoxy groups -OCH3 is 2. The molecule has 1 amide bonds. The fourth-order valence-corrected chi connectivity index (χ4v) is 3.67. The van der Waals surface area contributed by atoms with Crippen LogP contribution in [0.4, 0.5) is 5.69 Å². The number of para-hydroxylation sites is 1. The summed E-state index contributed by atoms with van der Waals surface area (Å²) in [6, 6.07) is 12.5. The maximum atomic E-state index is 12.8. The summed E-state index contributed by atoms with van der Waals surface area (Å²) in [6.45, 7) is 1.84. The van der Waals surface area contributed by atoms with E-state index >= 15 is 0 Å². The molecule has 0 bridgehead atoms. The first-order valence-corrected chi connectivity index (χ1v) is 9.24. The monoisotopic (exact) mass is 395 g/mol. The molecule has 0 radical (unpaired) electrons. The van der Waals surface area contributed by atoms with E-state index in [2.05, 4.69) is 20.6 Å². The van der Waals surface area contributed by atoms with Crippen LogP contribution in [0.15, 0.2) is 42.5 Å². The van der Waals surface area contributed by atoms with Gasteiger partial charge in [-0.2, -0.15) is 9.61 Å². The highest BCUT2D eigenvalue weighted by atomic mass is 32.1. The minimum absolute atomic E-state index is 0.290. The van der Waals surface area contributed by atoms with Crippen molar-refractivity contribution in [2.75, 3.05) is 19.5 Å². The average molecular weight is 395 g/mol. The number of ether oxygens (including phenoxy) is 2. The Balaban J connectivity index is 1.69. The normalized spacial score (nSPS) is 10.8. The molecule has 2 heterocycles. The largest absolute Gasteiger partial charge is 0.496 e. The number of amides is 1. The number of aromatic nitrogens is 4. The number of aryl methyl sites for hydroxylation is 1. The van der Waals surface area contributed by atoms with Crippen molar-refractivity contribution in [1.82, 2.24) is 19.8 Å². The molecule has 0 saturated carbocycles. The van der Waals surface area contributed by atoms with Gasteiger partial charge in [0, 0.05) is 5.56 Å². The summed E-state index contributed by atoms with van der Waals surface area (Å²) in [5.41, 5.74) is 1.82. The summed E-state index contributed by atoms with van der Waals surface area (Å²) in [5, 5.41) is 16.3. The van der Waals surface area contributed by atoms with E-state index in [0.717, 1.165) is 16.4 Å². The van der Waals surface area contributed by atoms with Crippen molar-refractivity contribution in [2.24, 2.45) is 0 Å². The molecule has 0 aliphatic heterocycles. The Hall–Kier alpha value is -3.46. The van der Waals surface area contributed by atoms with E-state index in [4.69, 9.17) is 9.47 Å². The van der Waals surface area contributed by atoms with E-state index in [1.165, 1.54) is 18.4 Å². The van der Waals surface area contributed by atoms with Crippen LogP contribution >= 0.6 is 11.3 Å². The first-order valence-electron chi connectivity index (χ1n) is 8.42. The molecule has 0 spiro atoms. The SMILES string of the molecule is COc1ccc(-c2nn3c(C)nnc3s2)cc1NC(=O)c1ccccc1OC. The lowest BCUT2D eigenvalue weighted by molar-refractivity contribution is 0.102. The number of nitrogens with zero attached hydrogens (tertiary/aromatic N) is 4. The maximum absolute atomic E-state index is 12.8. The summed E-state index contributed by atoms with van der Waals surface area (Å²) in [6.07, 6.45) is 0. The topological polar surface area (TPSA) is 90.6 Å². The summed E-state index contributed by atoms with van der Waals surface area (Å²) in [5.74, 6) is 1.48. The molecule has 0 aliphatic rings. The molecular formula is C19H17N5O3S. The standard InChI is InChI=1S/C19H17N5O3S/c1-11-21-22-19-24(11)23-18(28-19)12-8-9-16(27-3)14(10-12)20-17(25)13-6-4-5-7-15(13)26-2/h4-10H,1-3H3,(H,20,25). The molecule has 0 atom stereocenters. The zero-order chi connectivity index (χ0) is 19.7. The van der Waals surface area contributed by atoms with Crippen LogP contribution in [-0.4, -0.2) is 39.9 Å². The Morgan fingerprint density at radius 3 is 2.61 bits per heavy atom. The van der Waals surface area contributed by atoms with E-state index in [1.54, 1.807) is 35.9 Å². The van der Waals surface area contributed by atoms with Gasteiger partial charge in [-0.3, -0.25) is 4.79 Å². The predicted molar refractivity (Wildman–Crippen MR) is 106 cm³/mol. The molecule has 0 unspecified atom stereocenters. The van der Waals surface area contributed by atoms with Crippen molar-refractivity contribution in [2.45, 2.75) is 6.92 Å². The lowest BCUT2D eigenvalue weighted by atomic mass is 10.1. The molecule has 2 aromatic heterocycles. The van der Waals surface area contributed by atoms with Crippen molar-refractivity contribution in [3.8, 4) is 22.1 Å². The third-order valence-corrected chi connectivity index (χ3v) is 5.14. The Kier molecular flexibility index (Phi) is 4.66. The second-order valence-corrected chi connectivity index (χ2v) is 6.87. The van der Waals surface area contributed by atoms with Crippen LogP contribution in [0.3, 0.4) is 0 Å². The van der Waals surface area contributed by atoms with Gasteiger partial charge >= 0.3 is 0 Å². The van der Waals surface area contributed by atoms with E-state index < -0.39 is 0 Å². The zero-order valence-corrected chi connectivity index (χ0v) is 16.3. The maximum Gasteiger partial charge on any atom is 0.259 e. The fraction of sp³-hybridized carbons (Fsp3) is 0.158. The Morgan fingerprint density at radius 1 is 1.07 bits per heavy atom. The van der Waals surface area contributed by atoms with Crippen LogP contribution in [0.1, 0.15) is 16.2 Å². The summed E-state index contributed by atoms with van der Waals surface area (Å²) < 4.78 is 12.4. The van der Waals surface area contributed by atoms with Crippen LogP contribution in [0.25, 0.3) is 15.5 Å². The number of anilines is 1. The quantitative estimate of drug-likeness (QED) is 0.557. The minimum atomic E-state index is -0.290. The van der Waals surface area contributed by atoms with E-state index in [-0.39, 0.29) is 5.91 Å². The number of hydrogen-bond donors (Lipinski definition) is 1. The number of carbonyl (C=O) groups excluding carboxylic acids is 1. The molecule has 28 heavy (non-hydrogen) atoms. The van der Waals surface area contributed by atoms with Gasteiger partial charge in [0.2, 0.25) is 4.96 Å². The van der Waals surface area contributed by atoms with Gasteiger partial charge in [-0.15, -0.1) is 10.2 Å². The third-order valence-electron chi connectivity index (χ3n) is 4.19. The van der Waals surface area contributed by atoms with Crippen LogP contribution < -0.4 is 14.8 Å². The van der Waals surface area contributed by atoms with Crippen molar-refractivity contribution in [3.05, 3.63) is 53.9 Å². The molecule has 1 N–H and O–H groups in total. The number of hydrogen-bond acceptors (Lipinski definition) is 7. The van der Waals surface area contributed by atoms with Crippen LogP contribution in [0, 0.1) is 6.92 Å². The van der Waals surface area contributed by atoms with Crippen LogP contribution in [0.5, 0.6) is 11.5 Å². The molecular weight excluding hydrogens is 378 g/mol. The zero-order valence-electron chi connectivity index (χ0n) is 15.5. The number of fused-ring (bicyclic) bond motifs is 1. The number of nitrogens with one attached hydrogen (secondary N) is 1. The van der Waals surface area contributed by atoms with Gasteiger partial charge in [0.25, 0.3) is 5.91 Å². The lowest BCUT2D eigenvalue weighted by Crippen LogP contribution is -2.13. The van der Waals surface area contributed by atoms with Crippen molar-refractivity contribution in [3.63, 3.8) is 0 Å². The van der Waals surface area contributed by atoms with Gasteiger partial charge in [-0.25, -0.2) is 0 Å². The van der Waals surface area contributed by atoms with Crippen LogP contribution in [-0.2, 0) is 0 Å². The Bertz CT molecular complexity index is 1170. The Labute approximate surface area is 164 Å². The predicted octanol–water partition coefficient (Wildman–Crippen LogP) is 3.43. The number of rotatable bonds is 5. The van der Waals surface area contributed by atoms with E-state index in [0.29, 0.717) is 27.7 Å². The first-order chi connectivity index (χ1) is 13.6. The van der Waals surface area contributed by atoms with Gasteiger partial charge in [0.05, 0.1) is 25.5 Å². The highest BCUT2D eigenvalue weighted by molar-refractivity contribution is 7.19. The Morgan fingerprint density at radius 2 is 1.86 bits per heavy atom. The highest BCUT2D eigenvalue weighted by Crippen LogP contribution is 2.33.